The lowest BCUT2D eigenvalue weighted by atomic mass is 10.1. The molecular formula is C23H24N4O6. The Morgan fingerprint density at radius 2 is 1.91 bits per heavy atom. The number of fused-ring (bicyclic) bond motifs is 1. The van der Waals surface area contributed by atoms with Gasteiger partial charge in [0.15, 0.2) is 17.1 Å². The molecule has 0 aliphatic carbocycles. The predicted molar refractivity (Wildman–Crippen MR) is 119 cm³/mol. The number of ether oxygens (including phenoxy) is 3. The third kappa shape index (κ3) is 5.17. The van der Waals surface area contributed by atoms with Crippen LogP contribution in [-0.4, -0.2) is 46.7 Å². The topological polar surface area (TPSA) is 135 Å². The van der Waals surface area contributed by atoms with E-state index in [9.17, 15) is 14.4 Å². The number of nitrogens with zero attached hydrogens (tertiary/aromatic N) is 3. The zero-order chi connectivity index (χ0) is 24.1. The number of aryl methyl sites for hydroxylation is 2. The molecule has 0 aliphatic heterocycles. The molecule has 2 N–H and O–H groups in total. The molecule has 2 heterocycles. The van der Waals surface area contributed by atoms with Crippen molar-refractivity contribution in [2.24, 2.45) is 5.73 Å². The Morgan fingerprint density at radius 1 is 1.15 bits per heavy atom. The molecule has 33 heavy (non-hydrogen) atoms. The number of esters is 2. The molecule has 0 aliphatic rings. The smallest absolute Gasteiger partial charge is 0.330 e. The minimum Gasteiger partial charge on any atom is -0.493 e. The Morgan fingerprint density at radius 3 is 2.58 bits per heavy atom. The molecule has 0 spiro atoms. The van der Waals surface area contributed by atoms with Gasteiger partial charge >= 0.3 is 11.9 Å². The number of aromatic nitrogens is 3. The highest BCUT2D eigenvalue weighted by molar-refractivity contribution is 5.98. The van der Waals surface area contributed by atoms with Crippen LogP contribution in [0.1, 0.15) is 39.3 Å². The molecule has 0 unspecified atom stereocenters. The van der Waals surface area contributed by atoms with E-state index < -0.39 is 17.8 Å². The van der Waals surface area contributed by atoms with Gasteiger partial charge in [-0.2, -0.15) is 5.10 Å². The maximum Gasteiger partial charge on any atom is 0.330 e. The van der Waals surface area contributed by atoms with Crippen molar-refractivity contribution >= 4 is 29.6 Å². The lowest BCUT2D eigenvalue weighted by molar-refractivity contribution is -0.135. The number of hydrogen-bond acceptors (Lipinski definition) is 8. The summed E-state index contributed by atoms with van der Waals surface area (Å²) in [4.78, 5) is 39.8. The molecule has 172 valence electrons. The van der Waals surface area contributed by atoms with E-state index in [4.69, 9.17) is 15.2 Å². The lowest BCUT2D eigenvalue weighted by Gasteiger charge is -2.12. The maximum absolute atomic E-state index is 12.5. The van der Waals surface area contributed by atoms with Crippen molar-refractivity contribution in [2.75, 3.05) is 14.2 Å². The van der Waals surface area contributed by atoms with Crippen LogP contribution in [0.2, 0.25) is 0 Å². The monoisotopic (exact) mass is 452 g/mol. The second-order valence-electron chi connectivity index (χ2n) is 7.16. The van der Waals surface area contributed by atoms with Gasteiger partial charge in [-0.25, -0.2) is 14.3 Å². The molecule has 0 saturated heterocycles. The Kier molecular flexibility index (Phi) is 7.07. The first-order chi connectivity index (χ1) is 15.7. The molecule has 2 aromatic heterocycles. The summed E-state index contributed by atoms with van der Waals surface area (Å²) in [5, 5.41) is 4.18. The van der Waals surface area contributed by atoms with Gasteiger partial charge in [-0.1, -0.05) is 6.07 Å². The first-order valence-electron chi connectivity index (χ1n) is 10.0. The summed E-state index contributed by atoms with van der Waals surface area (Å²) in [7, 11) is 2.75. The van der Waals surface area contributed by atoms with Gasteiger partial charge < -0.3 is 19.9 Å². The highest BCUT2D eigenvalue weighted by atomic mass is 16.6. The molecular weight excluding hydrogens is 428 g/mol. The minimum absolute atomic E-state index is 0.0892. The maximum atomic E-state index is 12.5. The van der Waals surface area contributed by atoms with Crippen LogP contribution in [0.25, 0.3) is 11.7 Å². The van der Waals surface area contributed by atoms with Crippen molar-refractivity contribution in [1.29, 1.82) is 0 Å². The molecule has 0 atom stereocenters. The van der Waals surface area contributed by atoms with Crippen LogP contribution >= 0.6 is 0 Å². The van der Waals surface area contributed by atoms with Crippen molar-refractivity contribution in [2.45, 2.75) is 26.7 Å². The van der Waals surface area contributed by atoms with E-state index in [1.165, 1.54) is 31.0 Å². The van der Waals surface area contributed by atoms with Crippen molar-refractivity contribution < 1.29 is 28.6 Å². The second-order valence-corrected chi connectivity index (χ2v) is 7.16. The Bertz CT molecular complexity index is 1260. The summed E-state index contributed by atoms with van der Waals surface area (Å²) in [6, 6.07) is 4.92. The predicted octanol–water partition coefficient (Wildman–Crippen LogP) is 2.18. The number of amides is 1. The van der Waals surface area contributed by atoms with Crippen molar-refractivity contribution in [3.63, 3.8) is 0 Å². The van der Waals surface area contributed by atoms with E-state index in [1.807, 2.05) is 6.92 Å². The number of nitrogens with two attached hydrogens (primary N) is 1. The van der Waals surface area contributed by atoms with Crippen LogP contribution in [0.3, 0.4) is 0 Å². The Hall–Kier alpha value is -4.21. The zero-order valence-electron chi connectivity index (χ0n) is 18.7. The summed E-state index contributed by atoms with van der Waals surface area (Å²) < 4.78 is 16.9. The lowest BCUT2D eigenvalue weighted by Crippen LogP contribution is -2.14. The number of benzene rings is 1. The van der Waals surface area contributed by atoms with Gasteiger partial charge in [-0.3, -0.25) is 9.59 Å². The molecule has 10 nitrogen and oxygen atoms in total. The SMILES string of the molecule is COC(=O)/C=C/c1ccc(OC(=O)CCc2c(C)nc3c(C(N)=O)cnn3c2C)c(OC)c1. The van der Waals surface area contributed by atoms with Crippen molar-refractivity contribution in [1.82, 2.24) is 14.6 Å². The fourth-order valence-corrected chi connectivity index (χ4v) is 3.35. The standard InChI is InChI=1S/C23H24N4O6/c1-13-16(14(2)27-23(26-13)17(12-25-27)22(24)30)7-10-21(29)33-18-8-5-15(11-19(18)31-3)6-9-20(28)32-4/h5-6,8-9,11-12H,7,10H2,1-4H3,(H2,24,30)/b9-6+. The van der Waals surface area contributed by atoms with Gasteiger partial charge in [-0.05, 0) is 49.6 Å². The number of carbonyl (C=O) groups is 3. The van der Waals surface area contributed by atoms with E-state index in [2.05, 4.69) is 14.8 Å². The highest BCUT2D eigenvalue weighted by Crippen LogP contribution is 2.29. The molecule has 3 aromatic rings. The third-order valence-electron chi connectivity index (χ3n) is 5.08. The second kappa shape index (κ2) is 9.94. The van der Waals surface area contributed by atoms with Crippen LogP contribution in [0.15, 0.2) is 30.5 Å². The summed E-state index contributed by atoms with van der Waals surface area (Å²) in [5.74, 6) is -0.931. The fraction of sp³-hybridized carbons (Fsp3) is 0.261. The molecule has 0 bridgehead atoms. The van der Waals surface area contributed by atoms with E-state index in [-0.39, 0.29) is 17.7 Å². The highest BCUT2D eigenvalue weighted by Gasteiger charge is 2.18. The normalized spacial score (nSPS) is 11.0. The molecule has 10 heteroatoms. The van der Waals surface area contributed by atoms with Crippen molar-refractivity contribution in [3.8, 4) is 11.5 Å². The summed E-state index contributed by atoms with van der Waals surface area (Å²) in [5.41, 5.74) is 8.94. The molecule has 3 rings (SSSR count). The molecule has 0 fully saturated rings. The molecule has 1 amide bonds. The zero-order valence-corrected chi connectivity index (χ0v) is 18.7. The van der Waals surface area contributed by atoms with E-state index in [0.29, 0.717) is 29.1 Å². The average molecular weight is 452 g/mol. The third-order valence-corrected chi connectivity index (χ3v) is 5.08. The van der Waals surface area contributed by atoms with E-state index >= 15 is 0 Å². The van der Waals surface area contributed by atoms with Crippen LogP contribution in [0.5, 0.6) is 11.5 Å². The van der Waals surface area contributed by atoms with Crippen LogP contribution in [0, 0.1) is 13.8 Å². The summed E-state index contributed by atoms with van der Waals surface area (Å²) in [6.45, 7) is 3.64. The minimum atomic E-state index is -0.603. The Labute approximate surface area is 190 Å². The van der Waals surface area contributed by atoms with Crippen LogP contribution in [0.4, 0.5) is 0 Å². The number of primary amides is 1. The summed E-state index contributed by atoms with van der Waals surface area (Å²) in [6.07, 6.45) is 4.68. The van der Waals surface area contributed by atoms with Gasteiger partial charge in [0.05, 0.1) is 26.8 Å². The van der Waals surface area contributed by atoms with E-state index in [0.717, 1.165) is 11.3 Å². The van der Waals surface area contributed by atoms with Crippen LogP contribution in [-0.2, 0) is 20.7 Å². The quantitative estimate of drug-likeness (QED) is 0.312. The van der Waals surface area contributed by atoms with Gasteiger partial charge in [0.2, 0.25) is 0 Å². The number of methoxy groups -OCH3 is 2. The summed E-state index contributed by atoms with van der Waals surface area (Å²) >= 11 is 0. The van der Waals surface area contributed by atoms with Crippen LogP contribution < -0.4 is 15.2 Å². The van der Waals surface area contributed by atoms with Gasteiger partial charge in [0.1, 0.15) is 5.56 Å². The fourth-order valence-electron chi connectivity index (χ4n) is 3.35. The molecule has 1 aromatic carbocycles. The Balaban J connectivity index is 1.73. The van der Waals surface area contributed by atoms with Crippen molar-refractivity contribution in [3.05, 3.63) is 58.6 Å². The van der Waals surface area contributed by atoms with E-state index in [1.54, 1.807) is 31.2 Å². The molecule has 0 radical (unpaired) electrons. The average Bonchev–Trinajstić information content (AvgIpc) is 3.22. The van der Waals surface area contributed by atoms with Gasteiger partial charge in [0, 0.05) is 17.5 Å². The first kappa shape index (κ1) is 23.5. The number of hydrogen-bond donors (Lipinski definition) is 1. The first-order valence-corrected chi connectivity index (χ1v) is 10.0. The largest absolute Gasteiger partial charge is 0.493 e. The number of carbonyl (C=O) groups excluding carboxylic acids is 3. The number of rotatable bonds is 8. The van der Waals surface area contributed by atoms with Gasteiger partial charge in [-0.15, -0.1) is 0 Å². The molecule has 0 saturated carbocycles. The van der Waals surface area contributed by atoms with Gasteiger partial charge in [0.25, 0.3) is 5.91 Å².